The number of aryl methyl sites for hydroxylation is 1. The Kier molecular flexibility index (Phi) is 6.78. The van der Waals surface area contributed by atoms with Crippen LogP contribution in [0.3, 0.4) is 0 Å². The lowest BCUT2D eigenvalue weighted by Crippen LogP contribution is -2.13. The number of carboxylic acids is 1. The zero-order valence-corrected chi connectivity index (χ0v) is 19.7. The van der Waals surface area contributed by atoms with Crippen molar-refractivity contribution in [1.29, 1.82) is 5.41 Å². The summed E-state index contributed by atoms with van der Waals surface area (Å²) in [5.41, 5.74) is 9.16. The highest BCUT2D eigenvalue weighted by molar-refractivity contribution is 7.19. The van der Waals surface area contributed by atoms with Gasteiger partial charge in [0.25, 0.3) is 0 Å². The third kappa shape index (κ3) is 5.08. The van der Waals surface area contributed by atoms with Gasteiger partial charge in [0.05, 0.1) is 17.2 Å². The molecule has 1 atom stereocenters. The highest BCUT2D eigenvalue weighted by atomic mass is 32.1. The Hall–Kier alpha value is -3.20. The van der Waals surface area contributed by atoms with Gasteiger partial charge in [0.15, 0.2) is 0 Å². The van der Waals surface area contributed by atoms with Crippen LogP contribution in [0.1, 0.15) is 55.5 Å². The summed E-state index contributed by atoms with van der Waals surface area (Å²) in [5.74, 6) is 1.11. The van der Waals surface area contributed by atoms with Crippen LogP contribution in [-0.4, -0.2) is 33.4 Å². The lowest BCUT2D eigenvalue weighted by molar-refractivity contribution is -0.137. The first kappa shape index (κ1) is 23.0. The molecule has 0 bridgehead atoms. The van der Waals surface area contributed by atoms with E-state index in [-0.39, 0.29) is 12.5 Å². The molecule has 0 amide bonds. The molecule has 33 heavy (non-hydrogen) atoms. The van der Waals surface area contributed by atoms with Gasteiger partial charge in [-0.05, 0) is 63.5 Å². The second-order valence-corrected chi connectivity index (χ2v) is 9.80. The normalized spacial score (nSPS) is 15.4. The second-order valence-electron chi connectivity index (χ2n) is 8.71. The molecule has 2 heterocycles. The maximum Gasteiger partial charge on any atom is 0.303 e. The van der Waals surface area contributed by atoms with Crippen LogP contribution >= 0.6 is 11.3 Å². The predicted molar refractivity (Wildman–Crippen MR) is 132 cm³/mol. The number of nitrogens with two attached hydrogens (primary N) is 1. The Labute approximate surface area is 196 Å². The molecular weight excluding hydrogens is 438 g/mol. The first-order chi connectivity index (χ1) is 15.9. The minimum atomic E-state index is -0.728. The van der Waals surface area contributed by atoms with Crippen LogP contribution in [0.2, 0.25) is 0 Å². The van der Waals surface area contributed by atoms with Crippen LogP contribution in [0.25, 0.3) is 10.2 Å². The number of aromatic nitrogens is 2. The van der Waals surface area contributed by atoms with E-state index in [2.05, 4.69) is 15.3 Å². The number of fused-ring (bicyclic) bond motifs is 3. The fraction of sp³-hybridized carbons (Fsp3) is 0.417. The minimum Gasteiger partial charge on any atom is -0.489 e. The minimum absolute atomic E-state index is 0.0341. The number of carboxylic acid groups (broad SMARTS) is 1. The van der Waals surface area contributed by atoms with Crippen molar-refractivity contribution in [3.63, 3.8) is 0 Å². The number of anilines is 3. The number of carbonyl (C=O) groups is 1. The van der Waals surface area contributed by atoms with Gasteiger partial charge in [-0.1, -0.05) is 0 Å². The molecule has 8 nitrogen and oxygen atoms in total. The number of nitrogens with one attached hydrogen (secondary N) is 2. The number of hydrogen-bond donors (Lipinski definition) is 4. The van der Waals surface area contributed by atoms with E-state index in [1.807, 2.05) is 19.9 Å². The standard InChI is InChI=1S/C24H29N5O3S/c1-13(2)32-19-10-17(26)15(11-25)9-18(19)29-23-22-16-7-6-14(4-3-5-21(30)31)8-20(16)33-24(22)28-12-27-23/h9-14,25H,3-8,26H2,1-2H3,(H,30,31)(H,27,28,29). The maximum atomic E-state index is 10.8. The zero-order chi connectivity index (χ0) is 23.5. The summed E-state index contributed by atoms with van der Waals surface area (Å²) in [7, 11) is 0. The van der Waals surface area contributed by atoms with Crippen LogP contribution in [0.5, 0.6) is 5.75 Å². The summed E-state index contributed by atoms with van der Waals surface area (Å²) >= 11 is 1.70. The van der Waals surface area contributed by atoms with Gasteiger partial charge in [0, 0.05) is 34.8 Å². The van der Waals surface area contributed by atoms with Crippen molar-refractivity contribution >= 4 is 50.9 Å². The molecule has 1 aromatic carbocycles. The topological polar surface area (TPSA) is 134 Å². The van der Waals surface area contributed by atoms with Gasteiger partial charge in [-0.15, -0.1) is 11.3 Å². The Bertz CT molecular complexity index is 1190. The summed E-state index contributed by atoms with van der Waals surface area (Å²) in [5, 5.41) is 21.0. The number of thiophene rings is 1. The lowest BCUT2D eigenvalue weighted by atomic mass is 9.85. The van der Waals surface area contributed by atoms with Gasteiger partial charge >= 0.3 is 5.97 Å². The molecule has 0 fully saturated rings. The lowest BCUT2D eigenvalue weighted by Gasteiger charge is -2.22. The van der Waals surface area contributed by atoms with Crippen molar-refractivity contribution < 1.29 is 14.6 Å². The van der Waals surface area contributed by atoms with Crippen LogP contribution in [-0.2, 0) is 17.6 Å². The third-order valence-electron chi connectivity index (χ3n) is 5.91. The molecule has 0 radical (unpaired) electrons. The fourth-order valence-corrected chi connectivity index (χ4v) is 5.68. The van der Waals surface area contributed by atoms with E-state index in [0.717, 1.165) is 48.1 Å². The van der Waals surface area contributed by atoms with E-state index in [1.165, 1.54) is 16.7 Å². The third-order valence-corrected chi connectivity index (χ3v) is 7.07. The largest absolute Gasteiger partial charge is 0.489 e. The van der Waals surface area contributed by atoms with Crippen LogP contribution < -0.4 is 15.8 Å². The number of nitrogen functional groups attached to an aromatic ring is 1. The maximum absolute atomic E-state index is 10.8. The van der Waals surface area contributed by atoms with Crippen molar-refractivity contribution in [2.75, 3.05) is 11.1 Å². The second kappa shape index (κ2) is 9.74. The monoisotopic (exact) mass is 467 g/mol. The van der Waals surface area contributed by atoms with Crippen LogP contribution in [0.15, 0.2) is 18.5 Å². The van der Waals surface area contributed by atoms with Gasteiger partial charge in [0.1, 0.15) is 22.7 Å². The van der Waals surface area contributed by atoms with E-state index < -0.39 is 5.97 Å². The zero-order valence-electron chi connectivity index (χ0n) is 18.9. The van der Waals surface area contributed by atoms with E-state index in [1.54, 1.807) is 23.7 Å². The van der Waals surface area contributed by atoms with Gasteiger partial charge in [0.2, 0.25) is 0 Å². The summed E-state index contributed by atoms with van der Waals surface area (Å²) in [4.78, 5) is 22.2. The molecule has 0 aliphatic heterocycles. The molecule has 0 saturated carbocycles. The molecule has 5 N–H and O–H groups in total. The Morgan fingerprint density at radius 2 is 2.24 bits per heavy atom. The highest BCUT2D eigenvalue weighted by Crippen LogP contribution is 2.42. The van der Waals surface area contributed by atoms with E-state index in [0.29, 0.717) is 28.6 Å². The van der Waals surface area contributed by atoms with Gasteiger partial charge in [-0.3, -0.25) is 4.79 Å². The van der Waals surface area contributed by atoms with Crippen LogP contribution in [0.4, 0.5) is 17.2 Å². The quantitative estimate of drug-likeness (QED) is 0.252. The van der Waals surface area contributed by atoms with Crippen molar-refractivity contribution in [2.45, 2.75) is 58.5 Å². The summed E-state index contributed by atoms with van der Waals surface area (Å²) in [6, 6.07) is 3.55. The number of hydrogen-bond acceptors (Lipinski definition) is 8. The smallest absolute Gasteiger partial charge is 0.303 e. The first-order valence-electron chi connectivity index (χ1n) is 11.2. The summed E-state index contributed by atoms with van der Waals surface area (Å²) in [6.07, 6.45) is 7.57. The Balaban J connectivity index is 1.65. The van der Waals surface area contributed by atoms with Gasteiger partial charge < -0.3 is 26.3 Å². The molecule has 4 rings (SSSR count). The van der Waals surface area contributed by atoms with E-state index >= 15 is 0 Å². The number of benzene rings is 1. The van der Waals surface area contributed by atoms with Crippen molar-refractivity contribution in [3.05, 3.63) is 34.5 Å². The number of nitrogens with zero attached hydrogens (tertiary/aromatic N) is 2. The molecule has 174 valence electrons. The number of aliphatic carboxylic acids is 1. The molecule has 9 heteroatoms. The predicted octanol–water partition coefficient (Wildman–Crippen LogP) is 5.16. The molecule has 0 spiro atoms. The fourth-order valence-electron chi connectivity index (χ4n) is 4.38. The van der Waals surface area contributed by atoms with Crippen LogP contribution in [0, 0.1) is 11.3 Å². The molecule has 1 unspecified atom stereocenters. The number of rotatable bonds is 9. The Morgan fingerprint density at radius 3 is 2.97 bits per heavy atom. The average molecular weight is 468 g/mol. The molecule has 0 saturated heterocycles. The number of ether oxygens (including phenoxy) is 1. The first-order valence-corrected chi connectivity index (χ1v) is 12.0. The molecule has 3 aromatic rings. The molecule has 2 aromatic heterocycles. The van der Waals surface area contributed by atoms with Crippen molar-refractivity contribution in [2.24, 2.45) is 5.92 Å². The molecule has 1 aliphatic rings. The van der Waals surface area contributed by atoms with Crippen molar-refractivity contribution in [1.82, 2.24) is 9.97 Å². The van der Waals surface area contributed by atoms with Gasteiger partial charge in [-0.25, -0.2) is 9.97 Å². The van der Waals surface area contributed by atoms with E-state index in [4.69, 9.17) is 21.0 Å². The SMILES string of the molecule is CC(C)Oc1cc(N)c(C=N)cc1Nc1ncnc2sc3c(c12)CCC(CCCC(=O)O)C3. The highest BCUT2D eigenvalue weighted by Gasteiger charge is 2.25. The summed E-state index contributed by atoms with van der Waals surface area (Å²) in [6.45, 7) is 3.91. The van der Waals surface area contributed by atoms with Gasteiger partial charge in [-0.2, -0.15) is 0 Å². The molecule has 1 aliphatic carbocycles. The summed E-state index contributed by atoms with van der Waals surface area (Å²) < 4.78 is 5.97. The molecular formula is C24H29N5O3S. The van der Waals surface area contributed by atoms with Crippen molar-refractivity contribution in [3.8, 4) is 5.75 Å². The average Bonchev–Trinajstić information content (AvgIpc) is 3.13. The Morgan fingerprint density at radius 1 is 1.42 bits per heavy atom. The van der Waals surface area contributed by atoms with E-state index in [9.17, 15) is 4.79 Å².